The number of aromatic nitrogens is 1. The zero-order valence-electron chi connectivity index (χ0n) is 10.5. The van der Waals surface area contributed by atoms with Gasteiger partial charge in [-0.05, 0) is 36.4 Å². The van der Waals surface area contributed by atoms with Crippen LogP contribution >= 0.6 is 0 Å². The van der Waals surface area contributed by atoms with Gasteiger partial charge in [0, 0.05) is 17.3 Å². The molecule has 2 N–H and O–H groups in total. The minimum atomic E-state index is -4.35. The van der Waals surface area contributed by atoms with Gasteiger partial charge in [0.05, 0.1) is 5.56 Å². The molecule has 0 radical (unpaired) electrons. The standard InChI is InChI=1S/C14H15F3N2/c1-9(8-18)7-13-11-3-2-4-12(14(15,16)17)10(11)5-6-19-13/h2-6,9H,7-8,18H2,1H3. The van der Waals surface area contributed by atoms with Crippen LogP contribution in [0.3, 0.4) is 0 Å². The molecule has 0 spiro atoms. The molecule has 102 valence electrons. The van der Waals surface area contributed by atoms with Crippen molar-refractivity contribution in [1.29, 1.82) is 0 Å². The van der Waals surface area contributed by atoms with Crippen molar-refractivity contribution in [2.45, 2.75) is 19.5 Å². The minimum Gasteiger partial charge on any atom is -0.330 e. The Labute approximate surface area is 109 Å². The molecule has 0 saturated carbocycles. The number of alkyl halides is 3. The number of rotatable bonds is 3. The van der Waals surface area contributed by atoms with Gasteiger partial charge in [-0.3, -0.25) is 4.98 Å². The van der Waals surface area contributed by atoms with Crippen molar-refractivity contribution in [2.75, 3.05) is 6.54 Å². The zero-order chi connectivity index (χ0) is 14.0. The first kappa shape index (κ1) is 13.8. The summed E-state index contributed by atoms with van der Waals surface area (Å²) in [5.41, 5.74) is 5.61. The molecule has 0 fully saturated rings. The van der Waals surface area contributed by atoms with Crippen LogP contribution in [0.25, 0.3) is 10.8 Å². The molecule has 1 atom stereocenters. The smallest absolute Gasteiger partial charge is 0.330 e. The quantitative estimate of drug-likeness (QED) is 0.926. The number of nitrogens with zero attached hydrogens (tertiary/aromatic N) is 1. The molecule has 0 aliphatic rings. The molecule has 1 aromatic carbocycles. The predicted octanol–water partition coefficient (Wildman–Crippen LogP) is 3.39. The Kier molecular flexibility index (Phi) is 3.75. The van der Waals surface area contributed by atoms with Gasteiger partial charge in [-0.1, -0.05) is 19.1 Å². The molecule has 2 aromatic rings. The summed E-state index contributed by atoms with van der Waals surface area (Å²) < 4.78 is 38.8. The number of hydrogen-bond acceptors (Lipinski definition) is 2. The van der Waals surface area contributed by atoms with Gasteiger partial charge in [0.25, 0.3) is 0 Å². The fraction of sp³-hybridized carbons (Fsp3) is 0.357. The van der Waals surface area contributed by atoms with Gasteiger partial charge in [0.1, 0.15) is 0 Å². The Hall–Kier alpha value is -1.62. The number of fused-ring (bicyclic) bond motifs is 1. The second-order valence-electron chi connectivity index (χ2n) is 4.70. The molecular weight excluding hydrogens is 253 g/mol. The highest BCUT2D eigenvalue weighted by Crippen LogP contribution is 2.35. The van der Waals surface area contributed by atoms with Crippen molar-refractivity contribution < 1.29 is 13.2 Å². The molecule has 0 saturated heterocycles. The van der Waals surface area contributed by atoms with E-state index in [0.717, 1.165) is 6.07 Å². The summed E-state index contributed by atoms with van der Waals surface area (Å²) in [6.07, 6.45) is -2.34. The van der Waals surface area contributed by atoms with Crippen molar-refractivity contribution in [3.05, 3.63) is 41.7 Å². The number of pyridine rings is 1. The van der Waals surface area contributed by atoms with E-state index < -0.39 is 11.7 Å². The largest absolute Gasteiger partial charge is 0.417 e. The number of benzene rings is 1. The molecule has 1 unspecified atom stereocenters. The van der Waals surface area contributed by atoms with Gasteiger partial charge >= 0.3 is 6.18 Å². The molecule has 1 heterocycles. The highest BCUT2D eigenvalue weighted by molar-refractivity contribution is 5.87. The van der Waals surface area contributed by atoms with E-state index in [9.17, 15) is 13.2 Å². The Balaban J connectivity index is 2.58. The van der Waals surface area contributed by atoms with Crippen LogP contribution in [0, 0.1) is 5.92 Å². The Morgan fingerprint density at radius 2 is 1.95 bits per heavy atom. The van der Waals surface area contributed by atoms with Crippen LogP contribution in [0.15, 0.2) is 30.5 Å². The van der Waals surface area contributed by atoms with Gasteiger partial charge in [0.15, 0.2) is 0 Å². The maximum Gasteiger partial charge on any atom is 0.417 e. The summed E-state index contributed by atoms with van der Waals surface area (Å²) in [6.45, 7) is 2.44. The lowest BCUT2D eigenvalue weighted by atomic mass is 9.98. The van der Waals surface area contributed by atoms with Crippen LogP contribution in [0.2, 0.25) is 0 Å². The Morgan fingerprint density at radius 3 is 2.58 bits per heavy atom. The third kappa shape index (κ3) is 2.87. The Morgan fingerprint density at radius 1 is 1.21 bits per heavy atom. The van der Waals surface area contributed by atoms with Crippen LogP contribution < -0.4 is 5.73 Å². The van der Waals surface area contributed by atoms with Crippen LogP contribution in [0.5, 0.6) is 0 Å². The molecule has 19 heavy (non-hydrogen) atoms. The van der Waals surface area contributed by atoms with E-state index in [1.54, 1.807) is 6.07 Å². The van der Waals surface area contributed by atoms with E-state index in [0.29, 0.717) is 24.0 Å². The summed E-state index contributed by atoms with van der Waals surface area (Å²) in [7, 11) is 0. The summed E-state index contributed by atoms with van der Waals surface area (Å²) in [5, 5.41) is 0.752. The van der Waals surface area contributed by atoms with E-state index in [1.165, 1.54) is 18.3 Å². The predicted molar refractivity (Wildman–Crippen MR) is 68.7 cm³/mol. The van der Waals surface area contributed by atoms with E-state index in [1.807, 2.05) is 6.92 Å². The van der Waals surface area contributed by atoms with Gasteiger partial charge in [-0.2, -0.15) is 13.2 Å². The van der Waals surface area contributed by atoms with Crippen LogP contribution in [-0.4, -0.2) is 11.5 Å². The number of halogens is 3. The normalized spacial score (nSPS) is 13.7. The SMILES string of the molecule is CC(CN)Cc1nccc2c(C(F)(F)F)cccc12. The van der Waals surface area contributed by atoms with Crippen molar-refractivity contribution in [3.63, 3.8) is 0 Å². The third-order valence-corrected chi connectivity index (χ3v) is 3.14. The highest BCUT2D eigenvalue weighted by Gasteiger charge is 2.32. The van der Waals surface area contributed by atoms with Crippen molar-refractivity contribution >= 4 is 10.8 Å². The van der Waals surface area contributed by atoms with Crippen LogP contribution in [0.1, 0.15) is 18.2 Å². The van der Waals surface area contributed by atoms with Crippen LogP contribution in [0.4, 0.5) is 13.2 Å². The van der Waals surface area contributed by atoms with Crippen molar-refractivity contribution in [1.82, 2.24) is 4.98 Å². The molecule has 5 heteroatoms. The van der Waals surface area contributed by atoms with E-state index in [4.69, 9.17) is 5.73 Å². The summed E-state index contributed by atoms with van der Waals surface area (Å²) in [4.78, 5) is 4.20. The third-order valence-electron chi connectivity index (χ3n) is 3.14. The van der Waals surface area contributed by atoms with Crippen molar-refractivity contribution in [3.8, 4) is 0 Å². The monoisotopic (exact) mass is 268 g/mol. The molecule has 2 rings (SSSR count). The first-order valence-electron chi connectivity index (χ1n) is 6.07. The van der Waals surface area contributed by atoms with Gasteiger partial charge in [-0.15, -0.1) is 0 Å². The zero-order valence-corrected chi connectivity index (χ0v) is 10.5. The fourth-order valence-electron chi connectivity index (χ4n) is 2.09. The molecular formula is C14H15F3N2. The number of hydrogen-bond donors (Lipinski definition) is 1. The summed E-state index contributed by atoms with van der Waals surface area (Å²) in [6, 6.07) is 5.60. The minimum absolute atomic E-state index is 0.188. The van der Waals surface area contributed by atoms with Gasteiger partial charge in [-0.25, -0.2) is 0 Å². The lowest BCUT2D eigenvalue weighted by Crippen LogP contribution is -2.14. The number of nitrogens with two attached hydrogens (primary N) is 1. The molecule has 0 bridgehead atoms. The maximum absolute atomic E-state index is 12.9. The van der Waals surface area contributed by atoms with E-state index in [-0.39, 0.29) is 11.3 Å². The molecule has 1 aromatic heterocycles. The summed E-state index contributed by atoms with van der Waals surface area (Å²) >= 11 is 0. The summed E-state index contributed by atoms with van der Waals surface area (Å²) in [5.74, 6) is 0.188. The molecule has 0 aliphatic carbocycles. The van der Waals surface area contributed by atoms with Crippen LogP contribution in [-0.2, 0) is 12.6 Å². The lowest BCUT2D eigenvalue weighted by molar-refractivity contribution is -0.136. The van der Waals surface area contributed by atoms with Gasteiger partial charge in [0.2, 0.25) is 0 Å². The van der Waals surface area contributed by atoms with Crippen molar-refractivity contribution in [2.24, 2.45) is 11.7 Å². The highest BCUT2D eigenvalue weighted by atomic mass is 19.4. The first-order valence-corrected chi connectivity index (χ1v) is 6.07. The van der Waals surface area contributed by atoms with E-state index >= 15 is 0 Å². The molecule has 0 aliphatic heterocycles. The van der Waals surface area contributed by atoms with E-state index in [2.05, 4.69) is 4.98 Å². The fourth-order valence-corrected chi connectivity index (χ4v) is 2.09. The average molecular weight is 268 g/mol. The maximum atomic E-state index is 12.9. The van der Waals surface area contributed by atoms with Gasteiger partial charge < -0.3 is 5.73 Å². The molecule has 0 amide bonds. The average Bonchev–Trinajstić information content (AvgIpc) is 2.37. The first-order chi connectivity index (χ1) is 8.93. The topological polar surface area (TPSA) is 38.9 Å². The Bertz CT molecular complexity index is 578. The second-order valence-corrected chi connectivity index (χ2v) is 4.70. The second kappa shape index (κ2) is 5.17. The lowest BCUT2D eigenvalue weighted by Gasteiger charge is -2.14. The molecule has 2 nitrogen and oxygen atoms in total.